The quantitative estimate of drug-likeness (QED) is 0.582. The van der Waals surface area contributed by atoms with Gasteiger partial charge in [-0.05, 0) is 0 Å². The van der Waals surface area contributed by atoms with Crippen LogP contribution in [0, 0.1) is 0 Å². The third-order valence-corrected chi connectivity index (χ3v) is 6.72. The molecule has 116 valence electrons. The summed E-state index contributed by atoms with van der Waals surface area (Å²) >= 11 is 0.388. The number of nitrogens with zero attached hydrogens (tertiary/aromatic N) is 1. The van der Waals surface area contributed by atoms with Crippen molar-refractivity contribution in [2.75, 3.05) is 6.61 Å². The van der Waals surface area contributed by atoms with Crippen LogP contribution in [0.2, 0.25) is 4.82 Å². The van der Waals surface area contributed by atoms with Crippen molar-refractivity contribution >= 4 is 15.0 Å². The molecule has 1 aliphatic heterocycles. The first-order chi connectivity index (χ1) is 10.1. The molecular formula is C13H18N2O5Se. The molecule has 0 bridgehead atoms. The molecule has 2 fully saturated rings. The summed E-state index contributed by atoms with van der Waals surface area (Å²) in [4.78, 5) is 26.8. The van der Waals surface area contributed by atoms with E-state index in [2.05, 4.69) is 4.98 Å². The molecule has 1 unspecified atom stereocenters. The third kappa shape index (κ3) is 3.30. The summed E-state index contributed by atoms with van der Waals surface area (Å²) in [6, 6.07) is 0. The minimum absolute atomic E-state index is 0.227. The number of hydrogen-bond donors (Lipinski definition) is 3. The maximum atomic E-state index is 11.9. The summed E-state index contributed by atoms with van der Waals surface area (Å²) < 4.78 is 6.79. The topological polar surface area (TPSA) is 105 Å². The van der Waals surface area contributed by atoms with Crippen LogP contribution in [-0.4, -0.2) is 53.5 Å². The van der Waals surface area contributed by atoms with Crippen molar-refractivity contribution in [1.29, 1.82) is 0 Å². The Balaban J connectivity index is 1.82. The average molecular weight is 361 g/mol. The SMILES string of the molecule is O=c1[nH]c(=O)n([C@H]2CC(O)[C@@H](CO)O2)cc1C[Se]C1CC1. The zero-order valence-corrected chi connectivity index (χ0v) is 13.1. The Morgan fingerprint density at radius 1 is 1.43 bits per heavy atom. The number of aromatic nitrogens is 2. The molecule has 3 N–H and O–H groups in total. The monoisotopic (exact) mass is 362 g/mol. The van der Waals surface area contributed by atoms with Gasteiger partial charge in [-0.15, -0.1) is 0 Å². The van der Waals surface area contributed by atoms with Gasteiger partial charge in [0.25, 0.3) is 0 Å². The molecule has 0 amide bonds. The Labute approximate surface area is 127 Å². The van der Waals surface area contributed by atoms with Crippen LogP contribution in [0.25, 0.3) is 0 Å². The van der Waals surface area contributed by atoms with Crippen molar-refractivity contribution in [1.82, 2.24) is 9.55 Å². The van der Waals surface area contributed by atoms with Crippen molar-refractivity contribution < 1.29 is 14.9 Å². The Morgan fingerprint density at radius 2 is 2.19 bits per heavy atom. The van der Waals surface area contributed by atoms with Crippen LogP contribution in [0.4, 0.5) is 0 Å². The Morgan fingerprint density at radius 3 is 2.81 bits per heavy atom. The Bertz CT molecular complexity index is 624. The van der Waals surface area contributed by atoms with E-state index in [0.29, 0.717) is 25.8 Å². The molecule has 2 heterocycles. The number of aliphatic hydroxyl groups is 2. The van der Waals surface area contributed by atoms with Crippen molar-refractivity contribution in [3.63, 3.8) is 0 Å². The fourth-order valence-corrected chi connectivity index (χ4v) is 4.62. The van der Waals surface area contributed by atoms with E-state index in [1.54, 1.807) is 6.20 Å². The molecular weight excluding hydrogens is 343 g/mol. The molecule has 0 aromatic carbocycles. The van der Waals surface area contributed by atoms with Crippen molar-refractivity contribution in [3.05, 3.63) is 32.6 Å². The number of H-pyrrole nitrogens is 1. The van der Waals surface area contributed by atoms with Crippen LogP contribution in [0.1, 0.15) is 31.1 Å². The van der Waals surface area contributed by atoms with Crippen molar-refractivity contribution in [2.24, 2.45) is 0 Å². The molecule has 3 rings (SSSR count). The molecule has 1 aromatic heterocycles. The van der Waals surface area contributed by atoms with Gasteiger partial charge in [0.15, 0.2) is 0 Å². The zero-order chi connectivity index (χ0) is 15.0. The number of rotatable bonds is 5. The number of hydrogen-bond acceptors (Lipinski definition) is 5. The van der Waals surface area contributed by atoms with Gasteiger partial charge in [0, 0.05) is 0 Å². The summed E-state index contributed by atoms with van der Waals surface area (Å²) in [5.74, 6) is 0. The molecule has 1 saturated heterocycles. The molecule has 0 radical (unpaired) electrons. The van der Waals surface area contributed by atoms with E-state index in [1.165, 1.54) is 17.4 Å². The van der Waals surface area contributed by atoms with Gasteiger partial charge in [-0.3, -0.25) is 0 Å². The van der Waals surface area contributed by atoms with Crippen LogP contribution < -0.4 is 11.2 Å². The van der Waals surface area contributed by atoms with Crippen LogP contribution in [0.3, 0.4) is 0 Å². The third-order valence-electron chi connectivity index (χ3n) is 3.73. The molecule has 1 aliphatic carbocycles. The average Bonchev–Trinajstić information content (AvgIpc) is 3.20. The first-order valence-electron chi connectivity index (χ1n) is 6.99. The van der Waals surface area contributed by atoms with Gasteiger partial charge in [0.1, 0.15) is 0 Å². The predicted octanol–water partition coefficient (Wildman–Crippen LogP) is -1.04. The van der Waals surface area contributed by atoms with Gasteiger partial charge in [-0.2, -0.15) is 0 Å². The van der Waals surface area contributed by atoms with Crippen LogP contribution >= 0.6 is 0 Å². The van der Waals surface area contributed by atoms with Crippen LogP contribution in [0.15, 0.2) is 15.8 Å². The summed E-state index contributed by atoms with van der Waals surface area (Å²) in [6.07, 6.45) is 2.12. The Hall–Kier alpha value is -0.921. The molecule has 0 spiro atoms. The second kappa shape index (κ2) is 6.06. The Kier molecular flexibility index (Phi) is 4.33. The van der Waals surface area contributed by atoms with Crippen molar-refractivity contribution in [2.45, 2.75) is 47.8 Å². The minimum atomic E-state index is -0.807. The van der Waals surface area contributed by atoms with Crippen molar-refractivity contribution in [3.8, 4) is 0 Å². The molecule has 21 heavy (non-hydrogen) atoms. The van der Waals surface area contributed by atoms with E-state index in [0.717, 1.165) is 4.82 Å². The first kappa shape index (κ1) is 15.0. The summed E-state index contributed by atoms with van der Waals surface area (Å²) in [5.41, 5.74) is -0.290. The van der Waals surface area contributed by atoms with E-state index < -0.39 is 24.1 Å². The van der Waals surface area contributed by atoms with Gasteiger partial charge in [-0.25, -0.2) is 0 Å². The van der Waals surface area contributed by atoms with Crippen LogP contribution in [-0.2, 0) is 10.1 Å². The van der Waals surface area contributed by atoms with Crippen LogP contribution in [0.5, 0.6) is 0 Å². The number of ether oxygens (including phenoxy) is 1. The zero-order valence-electron chi connectivity index (χ0n) is 11.4. The second-order valence-electron chi connectivity index (χ2n) is 5.45. The van der Waals surface area contributed by atoms with E-state index in [1.807, 2.05) is 0 Å². The van der Waals surface area contributed by atoms with Gasteiger partial charge in [0.05, 0.1) is 0 Å². The number of aromatic amines is 1. The summed E-state index contributed by atoms with van der Waals surface area (Å²) in [6.45, 7) is -0.298. The van der Waals surface area contributed by atoms with Gasteiger partial charge < -0.3 is 0 Å². The molecule has 8 heteroatoms. The fourth-order valence-electron chi connectivity index (χ4n) is 2.34. The van der Waals surface area contributed by atoms with E-state index in [4.69, 9.17) is 9.84 Å². The fraction of sp³-hybridized carbons (Fsp3) is 0.692. The molecule has 2 aliphatic rings. The van der Waals surface area contributed by atoms with E-state index in [-0.39, 0.29) is 18.6 Å². The number of nitrogens with one attached hydrogen (secondary N) is 1. The summed E-state index contributed by atoms with van der Waals surface area (Å²) in [7, 11) is 0. The van der Waals surface area contributed by atoms with E-state index in [9.17, 15) is 14.7 Å². The predicted molar refractivity (Wildman–Crippen MR) is 75.4 cm³/mol. The van der Waals surface area contributed by atoms with E-state index >= 15 is 0 Å². The second-order valence-corrected chi connectivity index (χ2v) is 8.15. The standard InChI is InChI=1S/C13H18N2O5Se/c16-5-10-9(17)3-11(20-10)15-4-7(6-21-8-1-2-8)12(18)14-13(15)19/h4,8-11,16-17H,1-3,5-6H2,(H,14,18,19)/t9?,10-,11-/m1/s1. The van der Waals surface area contributed by atoms with Gasteiger partial charge in [-0.1, -0.05) is 0 Å². The maximum absolute atomic E-state index is 11.9. The first-order valence-corrected chi connectivity index (χ1v) is 9.19. The molecule has 1 aromatic rings. The molecule has 1 saturated carbocycles. The number of aliphatic hydroxyl groups excluding tert-OH is 2. The van der Waals surface area contributed by atoms with Gasteiger partial charge >= 0.3 is 126 Å². The van der Waals surface area contributed by atoms with Gasteiger partial charge in [0.2, 0.25) is 0 Å². The normalized spacial score (nSPS) is 29.0. The molecule has 7 nitrogen and oxygen atoms in total. The molecule has 3 atom stereocenters. The summed E-state index contributed by atoms with van der Waals surface area (Å²) in [5, 5.41) is 19.5.